The van der Waals surface area contributed by atoms with E-state index in [0.29, 0.717) is 48.3 Å². The Hall–Kier alpha value is -2.22. The zero-order valence-corrected chi connectivity index (χ0v) is 15.9. The summed E-state index contributed by atoms with van der Waals surface area (Å²) < 4.78 is 1.39. The number of benzene rings is 1. The number of hydrogen-bond donors (Lipinski definition) is 2. The Labute approximate surface area is 166 Å². The molecule has 7 nitrogen and oxygen atoms in total. The van der Waals surface area contributed by atoms with Crippen LogP contribution in [0, 0.1) is 0 Å². The molecule has 0 aliphatic carbocycles. The molecule has 2 N–H and O–H groups in total. The van der Waals surface area contributed by atoms with Crippen LogP contribution in [0.2, 0.25) is 10.0 Å². The highest BCUT2D eigenvalue weighted by Gasteiger charge is 2.21. The average Bonchev–Trinajstić information content (AvgIpc) is 2.63. The van der Waals surface area contributed by atoms with E-state index in [0.717, 1.165) is 5.56 Å². The Morgan fingerprint density at radius 1 is 1.04 bits per heavy atom. The molecular formula is C18H19Cl2N3O4. The van der Waals surface area contributed by atoms with Gasteiger partial charge in [-0.2, -0.15) is 0 Å². The molecule has 1 aliphatic heterocycles. The first kappa shape index (κ1) is 19.5. The fraction of sp³-hybridized carbons (Fsp3) is 0.333. The van der Waals surface area contributed by atoms with E-state index in [1.807, 2.05) is 4.90 Å². The predicted octanol–water partition coefficient (Wildman–Crippen LogP) is 2.70. The van der Waals surface area contributed by atoms with Gasteiger partial charge in [-0.05, 0) is 23.8 Å². The standard InChI is InChI=1S/C18H19Cl2N3O4/c19-14-2-1-12(15(20)9-14)11-23-4-3-13(16(24)17(23)25)10-21-5-7-22(8-6-21)18(26)27/h1-4,9,24H,5-8,10-11H2,(H,26,27). The van der Waals surface area contributed by atoms with Gasteiger partial charge in [-0.1, -0.05) is 29.3 Å². The number of aromatic nitrogens is 1. The van der Waals surface area contributed by atoms with Crippen molar-refractivity contribution >= 4 is 29.3 Å². The Bertz CT molecular complexity index is 908. The second-order valence-electron chi connectivity index (χ2n) is 6.40. The van der Waals surface area contributed by atoms with E-state index in [-0.39, 0.29) is 12.3 Å². The Morgan fingerprint density at radius 2 is 1.74 bits per heavy atom. The SMILES string of the molecule is O=C(O)N1CCN(Cc2ccn(Cc3ccc(Cl)cc3Cl)c(=O)c2O)CC1. The Morgan fingerprint density at radius 3 is 2.37 bits per heavy atom. The van der Waals surface area contributed by atoms with Crippen molar-refractivity contribution in [2.75, 3.05) is 26.2 Å². The van der Waals surface area contributed by atoms with Gasteiger partial charge in [0.25, 0.3) is 5.56 Å². The van der Waals surface area contributed by atoms with Gasteiger partial charge in [-0.3, -0.25) is 9.69 Å². The maximum atomic E-state index is 12.5. The van der Waals surface area contributed by atoms with Gasteiger partial charge >= 0.3 is 6.09 Å². The third-order valence-corrected chi connectivity index (χ3v) is 5.20. The van der Waals surface area contributed by atoms with Crippen LogP contribution in [0.3, 0.4) is 0 Å². The number of nitrogens with zero attached hydrogens (tertiary/aromatic N) is 3. The number of carbonyl (C=O) groups is 1. The van der Waals surface area contributed by atoms with Crippen LogP contribution in [0.5, 0.6) is 5.75 Å². The zero-order valence-electron chi connectivity index (χ0n) is 14.4. The van der Waals surface area contributed by atoms with E-state index < -0.39 is 11.7 Å². The molecule has 1 aromatic carbocycles. The van der Waals surface area contributed by atoms with Crippen LogP contribution in [0.15, 0.2) is 35.3 Å². The molecule has 27 heavy (non-hydrogen) atoms. The largest absolute Gasteiger partial charge is 0.503 e. The molecule has 0 saturated carbocycles. The van der Waals surface area contributed by atoms with Gasteiger partial charge < -0.3 is 19.7 Å². The molecule has 1 aliphatic rings. The van der Waals surface area contributed by atoms with Gasteiger partial charge in [-0.15, -0.1) is 0 Å². The minimum absolute atomic E-state index is 0.222. The van der Waals surface area contributed by atoms with Gasteiger partial charge in [0.15, 0.2) is 5.75 Å². The first-order valence-electron chi connectivity index (χ1n) is 8.40. The van der Waals surface area contributed by atoms with Crippen LogP contribution in [0.25, 0.3) is 0 Å². The molecule has 144 valence electrons. The summed E-state index contributed by atoms with van der Waals surface area (Å²) in [5.74, 6) is -0.303. The van der Waals surface area contributed by atoms with Crippen LogP contribution < -0.4 is 5.56 Å². The highest BCUT2D eigenvalue weighted by Crippen LogP contribution is 2.22. The molecule has 0 spiro atoms. The topological polar surface area (TPSA) is 86.0 Å². The molecule has 3 rings (SSSR count). The summed E-state index contributed by atoms with van der Waals surface area (Å²) in [4.78, 5) is 26.8. The summed E-state index contributed by atoms with van der Waals surface area (Å²) in [6, 6.07) is 6.74. The van der Waals surface area contributed by atoms with Gasteiger partial charge in [0.2, 0.25) is 0 Å². The minimum atomic E-state index is -0.930. The zero-order chi connectivity index (χ0) is 19.6. The fourth-order valence-electron chi connectivity index (χ4n) is 3.02. The van der Waals surface area contributed by atoms with Gasteiger partial charge in [0.05, 0.1) is 6.54 Å². The normalized spacial score (nSPS) is 15.1. The molecule has 0 unspecified atom stereocenters. The maximum Gasteiger partial charge on any atom is 0.407 e. The second-order valence-corrected chi connectivity index (χ2v) is 7.25. The molecule has 1 aromatic heterocycles. The predicted molar refractivity (Wildman–Crippen MR) is 103 cm³/mol. The van der Waals surface area contributed by atoms with Crippen molar-refractivity contribution in [2.24, 2.45) is 0 Å². The number of carboxylic acid groups (broad SMARTS) is 1. The number of hydrogen-bond acceptors (Lipinski definition) is 4. The molecule has 1 amide bonds. The fourth-order valence-corrected chi connectivity index (χ4v) is 3.49. The van der Waals surface area contributed by atoms with Crippen molar-refractivity contribution in [2.45, 2.75) is 13.1 Å². The van der Waals surface area contributed by atoms with Crippen LogP contribution in [0.1, 0.15) is 11.1 Å². The third-order valence-electron chi connectivity index (χ3n) is 4.62. The van der Waals surface area contributed by atoms with Crippen LogP contribution in [-0.4, -0.2) is 56.9 Å². The Balaban J connectivity index is 1.72. The lowest BCUT2D eigenvalue weighted by Gasteiger charge is -2.33. The summed E-state index contributed by atoms with van der Waals surface area (Å²) in [5.41, 5.74) is 0.741. The van der Waals surface area contributed by atoms with Crippen molar-refractivity contribution < 1.29 is 15.0 Å². The number of amides is 1. The quantitative estimate of drug-likeness (QED) is 0.807. The van der Waals surface area contributed by atoms with Crippen molar-refractivity contribution in [3.8, 4) is 5.75 Å². The lowest BCUT2D eigenvalue weighted by atomic mass is 10.2. The number of rotatable bonds is 4. The lowest BCUT2D eigenvalue weighted by Crippen LogP contribution is -2.47. The number of aromatic hydroxyl groups is 1. The molecule has 1 fully saturated rings. The molecule has 2 aromatic rings. The summed E-state index contributed by atoms with van der Waals surface area (Å²) in [7, 11) is 0. The smallest absolute Gasteiger partial charge is 0.407 e. The van der Waals surface area contributed by atoms with E-state index in [4.69, 9.17) is 28.3 Å². The van der Waals surface area contributed by atoms with Crippen LogP contribution in [0.4, 0.5) is 4.79 Å². The molecule has 0 atom stereocenters. The molecule has 9 heteroatoms. The first-order valence-corrected chi connectivity index (χ1v) is 9.16. The van der Waals surface area contributed by atoms with E-state index in [9.17, 15) is 14.7 Å². The third kappa shape index (κ3) is 4.55. The van der Waals surface area contributed by atoms with Crippen LogP contribution in [-0.2, 0) is 13.1 Å². The highest BCUT2D eigenvalue weighted by molar-refractivity contribution is 6.35. The molecule has 0 bridgehead atoms. The highest BCUT2D eigenvalue weighted by atomic mass is 35.5. The second kappa shape index (κ2) is 8.21. The minimum Gasteiger partial charge on any atom is -0.503 e. The van der Waals surface area contributed by atoms with Crippen molar-refractivity contribution in [1.29, 1.82) is 0 Å². The number of piperazine rings is 1. The van der Waals surface area contributed by atoms with Crippen molar-refractivity contribution in [3.63, 3.8) is 0 Å². The molecular weight excluding hydrogens is 393 g/mol. The van der Waals surface area contributed by atoms with E-state index in [2.05, 4.69) is 0 Å². The molecule has 0 radical (unpaired) electrons. The van der Waals surface area contributed by atoms with E-state index in [1.165, 1.54) is 9.47 Å². The van der Waals surface area contributed by atoms with E-state index in [1.54, 1.807) is 30.5 Å². The summed E-state index contributed by atoms with van der Waals surface area (Å²) in [5, 5.41) is 20.3. The van der Waals surface area contributed by atoms with Gasteiger partial charge in [0.1, 0.15) is 0 Å². The lowest BCUT2D eigenvalue weighted by molar-refractivity contribution is 0.102. The van der Waals surface area contributed by atoms with Crippen molar-refractivity contribution in [3.05, 3.63) is 62.0 Å². The average molecular weight is 412 g/mol. The summed E-state index contributed by atoms with van der Waals surface area (Å²) in [6.07, 6.45) is 0.691. The number of pyridine rings is 1. The summed E-state index contributed by atoms with van der Waals surface area (Å²) >= 11 is 12.0. The number of halogens is 2. The monoisotopic (exact) mass is 411 g/mol. The first-order chi connectivity index (χ1) is 12.8. The van der Waals surface area contributed by atoms with Crippen LogP contribution >= 0.6 is 23.2 Å². The van der Waals surface area contributed by atoms with Gasteiger partial charge in [0, 0.05) is 54.5 Å². The molecule has 1 saturated heterocycles. The Kier molecular flexibility index (Phi) is 5.94. The molecule has 2 heterocycles. The summed E-state index contributed by atoms with van der Waals surface area (Å²) in [6.45, 7) is 2.52. The maximum absolute atomic E-state index is 12.5. The van der Waals surface area contributed by atoms with Crippen molar-refractivity contribution in [1.82, 2.24) is 14.4 Å². The van der Waals surface area contributed by atoms with Gasteiger partial charge in [-0.25, -0.2) is 4.79 Å². The van der Waals surface area contributed by atoms with E-state index >= 15 is 0 Å².